The number of amides is 1. The van der Waals surface area contributed by atoms with E-state index in [-0.39, 0.29) is 5.91 Å². The molecule has 0 atom stereocenters. The van der Waals surface area contributed by atoms with E-state index in [2.05, 4.69) is 16.2 Å². The van der Waals surface area contributed by atoms with Gasteiger partial charge in [-0.3, -0.25) is 15.6 Å². The quantitative estimate of drug-likeness (QED) is 0.398. The summed E-state index contributed by atoms with van der Waals surface area (Å²) in [7, 11) is 0. The Hall–Kier alpha value is -1.76. The van der Waals surface area contributed by atoms with Gasteiger partial charge in [0, 0.05) is 16.5 Å². The molecule has 0 saturated heterocycles. The zero-order valence-electron chi connectivity index (χ0n) is 13.8. The molecule has 0 heterocycles. The van der Waals surface area contributed by atoms with Gasteiger partial charge in [-0.05, 0) is 54.9 Å². The molecule has 0 unspecified atom stereocenters. The van der Waals surface area contributed by atoms with E-state index in [1.54, 1.807) is 0 Å². The van der Waals surface area contributed by atoms with Crippen molar-refractivity contribution in [3.8, 4) is 0 Å². The van der Waals surface area contributed by atoms with Gasteiger partial charge in [-0.2, -0.15) is 0 Å². The van der Waals surface area contributed by atoms with E-state index in [4.69, 9.17) is 23.8 Å². The number of benzene rings is 2. The van der Waals surface area contributed by atoms with Crippen molar-refractivity contribution in [2.45, 2.75) is 18.2 Å². The van der Waals surface area contributed by atoms with Gasteiger partial charge < -0.3 is 5.32 Å². The summed E-state index contributed by atoms with van der Waals surface area (Å²) in [4.78, 5) is 13.0. The van der Waals surface area contributed by atoms with Gasteiger partial charge in [0.15, 0.2) is 5.11 Å². The first-order chi connectivity index (χ1) is 12.0. The van der Waals surface area contributed by atoms with Crippen LogP contribution in [0.3, 0.4) is 0 Å². The van der Waals surface area contributed by atoms with Crippen molar-refractivity contribution in [3.05, 3.63) is 64.7 Å². The van der Waals surface area contributed by atoms with Crippen molar-refractivity contribution >= 4 is 46.6 Å². The zero-order chi connectivity index (χ0) is 18.1. The zero-order valence-corrected chi connectivity index (χ0v) is 16.2. The van der Waals surface area contributed by atoms with Crippen LogP contribution in [0.2, 0.25) is 5.02 Å². The fraction of sp³-hybridized carbons (Fsp3) is 0.222. The van der Waals surface area contributed by atoms with E-state index in [1.807, 2.05) is 55.5 Å². The van der Waals surface area contributed by atoms with Gasteiger partial charge >= 0.3 is 0 Å². The predicted octanol–water partition coefficient (Wildman–Crippen LogP) is 3.48. The average Bonchev–Trinajstić information content (AvgIpc) is 2.61. The molecule has 7 heteroatoms. The molecule has 0 saturated carbocycles. The van der Waals surface area contributed by atoms with Crippen LogP contribution in [0.5, 0.6) is 0 Å². The summed E-state index contributed by atoms with van der Waals surface area (Å²) >= 11 is 12.5. The number of carbonyl (C=O) groups is 1. The fourth-order valence-corrected chi connectivity index (χ4v) is 3.15. The molecule has 0 aromatic heterocycles. The van der Waals surface area contributed by atoms with Crippen LogP contribution in [0.4, 0.5) is 0 Å². The molecule has 3 N–H and O–H groups in total. The number of nitrogens with one attached hydrogen (secondary N) is 3. The molecule has 132 valence electrons. The Kier molecular flexibility index (Phi) is 8.04. The smallest absolute Gasteiger partial charge is 0.248 e. The molecule has 0 aliphatic heterocycles. The first kappa shape index (κ1) is 19.6. The van der Waals surface area contributed by atoms with Crippen molar-refractivity contribution in [1.82, 2.24) is 16.2 Å². The number of hydrazine groups is 1. The molecule has 0 aliphatic carbocycles. The number of aryl methyl sites for hydroxylation is 1. The van der Waals surface area contributed by atoms with Gasteiger partial charge in [0.1, 0.15) is 0 Å². The van der Waals surface area contributed by atoms with Crippen LogP contribution < -0.4 is 16.2 Å². The molecule has 0 bridgehead atoms. The Morgan fingerprint density at radius 1 is 1.12 bits per heavy atom. The summed E-state index contributed by atoms with van der Waals surface area (Å²) in [5.41, 5.74) is 7.64. The molecule has 0 aliphatic rings. The highest BCUT2D eigenvalue weighted by molar-refractivity contribution is 8.00. The summed E-state index contributed by atoms with van der Waals surface area (Å²) in [6.07, 6.45) is 0.816. The minimum Gasteiger partial charge on any atom is -0.361 e. The lowest BCUT2D eigenvalue weighted by Crippen LogP contribution is -2.47. The number of thiocarbonyl (C=S) groups is 1. The topological polar surface area (TPSA) is 53.2 Å². The maximum atomic E-state index is 11.9. The Morgan fingerprint density at radius 2 is 1.84 bits per heavy atom. The number of carbonyl (C=O) groups excluding carboxylic acids is 1. The molecular formula is C18H20ClN3OS2. The lowest BCUT2D eigenvalue weighted by Gasteiger charge is -2.12. The number of hydrogen-bond donors (Lipinski definition) is 3. The van der Waals surface area contributed by atoms with Crippen molar-refractivity contribution in [2.75, 3.05) is 12.3 Å². The molecular weight excluding hydrogens is 374 g/mol. The van der Waals surface area contributed by atoms with E-state index in [1.165, 1.54) is 17.3 Å². The van der Waals surface area contributed by atoms with Gasteiger partial charge in [-0.1, -0.05) is 41.9 Å². The Bertz CT molecular complexity index is 723. The van der Waals surface area contributed by atoms with E-state index in [0.29, 0.717) is 17.4 Å². The van der Waals surface area contributed by atoms with Gasteiger partial charge in [-0.15, -0.1) is 11.8 Å². The second-order valence-corrected chi connectivity index (χ2v) is 7.22. The molecule has 2 aromatic rings. The number of halogens is 1. The lowest BCUT2D eigenvalue weighted by molar-refractivity contribution is -0.119. The first-order valence-corrected chi connectivity index (χ1v) is 9.57. The summed E-state index contributed by atoms with van der Waals surface area (Å²) in [6, 6.07) is 15.7. The van der Waals surface area contributed by atoms with Gasteiger partial charge in [0.25, 0.3) is 0 Å². The van der Waals surface area contributed by atoms with Gasteiger partial charge in [0.2, 0.25) is 5.91 Å². The SMILES string of the molecule is Cc1ccccc1SCC(=O)NNC(=S)NCCc1ccc(Cl)cc1. The first-order valence-electron chi connectivity index (χ1n) is 7.80. The normalized spacial score (nSPS) is 10.2. The molecule has 0 radical (unpaired) electrons. The standard InChI is InChI=1S/C18H20ClN3OS2/c1-13-4-2-3-5-16(13)25-12-17(23)21-22-18(24)20-11-10-14-6-8-15(19)9-7-14/h2-9H,10-12H2,1H3,(H,21,23)(H2,20,22,24). The molecule has 2 aromatic carbocycles. The van der Waals surface area contributed by atoms with Gasteiger partial charge in [-0.25, -0.2) is 0 Å². The molecule has 2 rings (SSSR count). The number of thioether (sulfide) groups is 1. The third-order valence-electron chi connectivity index (χ3n) is 3.38. The minimum absolute atomic E-state index is 0.130. The largest absolute Gasteiger partial charge is 0.361 e. The number of hydrogen-bond acceptors (Lipinski definition) is 3. The highest BCUT2D eigenvalue weighted by Gasteiger charge is 2.05. The third kappa shape index (κ3) is 7.34. The van der Waals surface area contributed by atoms with Crippen LogP contribution in [0, 0.1) is 6.92 Å². The lowest BCUT2D eigenvalue weighted by atomic mass is 10.1. The Labute approximate surface area is 162 Å². The molecule has 0 fully saturated rings. The van der Waals surface area contributed by atoms with Crippen LogP contribution >= 0.6 is 35.6 Å². The Morgan fingerprint density at radius 3 is 2.56 bits per heavy atom. The summed E-state index contributed by atoms with van der Waals surface area (Å²) < 4.78 is 0. The van der Waals surface area contributed by atoms with E-state index in [0.717, 1.165) is 21.9 Å². The van der Waals surface area contributed by atoms with E-state index >= 15 is 0 Å². The second-order valence-electron chi connectivity index (χ2n) is 5.36. The van der Waals surface area contributed by atoms with Gasteiger partial charge in [0.05, 0.1) is 5.75 Å². The van der Waals surface area contributed by atoms with Crippen molar-refractivity contribution in [1.29, 1.82) is 0 Å². The van der Waals surface area contributed by atoms with Crippen LogP contribution in [-0.2, 0) is 11.2 Å². The highest BCUT2D eigenvalue weighted by Crippen LogP contribution is 2.21. The Balaban J connectivity index is 1.61. The van der Waals surface area contributed by atoms with Crippen LogP contribution in [0.25, 0.3) is 0 Å². The highest BCUT2D eigenvalue weighted by atomic mass is 35.5. The minimum atomic E-state index is -0.130. The third-order valence-corrected chi connectivity index (χ3v) is 5.05. The van der Waals surface area contributed by atoms with Crippen LogP contribution in [-0.4, -0.2) is 23.3 Å². The molecule has 25 heavy (non-hydrogen) atoms. The molecule has 1 amide bonds. The number of rotatable bonds is 6. The van der Waals surface area contributed by atoms with E-state index in [9.17, 15) is 4.79 Å². The summed E-state index contributed by atoms with van der Waals surface area (Å²) in [5, 5.41) is 4.16. The van der Waals surface area contributed by atoms with Crippen molar-refractivity contribution < 1.29 is 4.79 Å². The van der Waals surface area contributed by atoms with Crippen LogP contribution in [0.1, 0.15) is 11.1 Å². The monoisotopic (exact) mass is 393 g/mol. The van der Waals surface area contributed by atoms with E-state index < -0.39 is 0 Å². The van der Waals surface area contributed by atoms with Crippen LogP contribution in [0.15, 0.2) is 53.4 Å². The maximum absolute atomic E-state index is 11.9. The predicted molar refractivity (Wildman–Crippen MR) is 109 cm³/mol. The van der Waals surface area contributed by atoms with Crippen molar-refractivity contribution in [3.63, 3.8) is 0 Å². The molecule has 4 nitrogen and oxygen atoms in total. The summed E-state index contributed by atoms with van der Waals surface area (Å²) in [5.74, 6) is 0.195. The fourth-order valence-electron chi connectivity index (χ4n) is 2.04. The van der Waals surface area contributed by atoms with Crippen molar-refractivity contribution in [2.24, 2.45) is 0 Å². The average molecular weight is 394 g/mol. The summed E-state index contributed by atoms with van der Waals surface area (Å²) in [6.45, 7) is 2.69. The second kappa shape index (κ2) is 10.3. The molecule has 0 spiro atoms. The maximum Gasteiger partial charge on any atom is 0.248 e.